The topological polar surface area (TPSA) is 81.2 Å². The quantitative estimate of drug-likeness (QED) is 0.774. The number of carbonyl (C=O) groups excluding carboxylic acids is 1. The summed E-state index contributed by atoms with van der Waals surface area (Å²) in [6.45, 7) is 6.85. The smallest absolute Gasteiger partial charge is 0.289 e. The fourth-order valence-corrected chi connectivity index (χ4v) is 1.20. The molecule has 0 radical (unpaired) electrons. The Morgan fingerprint density at radius 1 is 1.50 bits per heavy atom. The first-order valence-electron chi connectivity index (χ1n) is 4.80. The molecule has 0 saturated carbocycles. The number of nitrogens with two attached hydrogens (primary N) is 1. The fraction of sp³-hybridized carbons (Fsp3) is 0.500. The van der Waals surface area contributed by atoms with E-state index in [0.29, 0.717) is 11.6 Å². The second-order valence-electron chi connectivity index (χ2n) is 4.09. The zero-order chi connectivity index (χ0) is 12.5. The molecule has 6 heteroatoms. The molecule has 0 spiro atoms. The van der Waals surface area contributed by atoms with Gasteiger partial charge in [0.05, 0.1) is 16.2 Å². The molecule has 0 aliphatic carbocycles. The van der Waals surface area contributed by atoms with E-state index in [2.05, 4.69) is 10.3 Å². The molecule has 1 aromatic heterocycles. The molecule has 16 heavy (non-hydrogen) atoms. The average Bonchev–Trinajstić information content (AvgIpc) is 2.44. The van der Waals surface area contributed by atoms with E-state index in [0.717, 1.165) is 0 Å². The van der Waals surface area contributed by atoms with Crippen LogP contribution in [0.3, 0.4) is 0 Å². The number of aryl methyl sites for hydroxylation is 2. The number of amides is 1. The van der Waals surface area contributed by atoms with Crippen LogP contribution in [0.25, 0.3) is 0 Å². The fourth-order valence-electron chi connectivity index (χ4n) is 1.14. The zero-order valence-electron chi connectivity index (χ0n) is 9.75. The molecule has 0 aliphatic rings. The van der Waals surface area contributed by atoms with Gasteiger partial charge in [-0.1, -0.05) is 12.2 Å². The molecular weight excluding hydrogens is 226 g/mol. The van der Waals surface area contributed by atoms with Crippen LogP contribution in [0, 0.1) is 13.8 Å². The Kier molecular flexibility index (Phi) is 3.32. The summed E-state index contributed by atoms with van der Waals surface area (Å²) in [5.41, 5.74) is 5.31. The number of thiocarbonyl (C=S) groups is 1. The van der Waals surface area contributed by atoms with Gasteiger partial charge >= 0.3 is 0 Å². The Balaban J connectivity index is 2.89. The number of hydrogen-bond acceptors (Lipinski definition) is 4. The Labute approximate surface area is 99.4 Å². The van der Waals surface area contributed by atoms with Crippen molar-refractivity contribution in [3.63, 3.8) is 0 Å². The lowest BCUT2D eigenvalue weighted by molar-refractivity contribution is 0.0902. The lowest BCUT2D eigenvalue weighted by atomic mass is 10.1. The number of rotatable bonds is 3. The molecule has 88 valence electrons. The Bertz CT molecular complexity index is 437. The van der Waals surface area contributed by atoms with E-state index in [9.17, 15) is 4.79 Å². The minimum Gasteiger partial charge on any atom is -0.436 e. The van der Waals surface area contributed by atoms with Crippen LogP contribution in [0.5, 0.6) is 0 Å². The standard InChI is InChI=1S/C10H15N3O2S/c1-5-7(15-6(2)12-5)8(14)13-10(3,4)9(11)16/h1-4H3,(H2,11,16)(H,13,14). The van der Waals surface area contributed by atoms with Crippen LogP contribution < -0.4 is 11.1 Å². The lowest BCUT2D eigenvalue weighted by Crippen LogP contribution is -2.52. The molecule has 1 heterocycles. The van der Waals surface area contributed by atoms with Crippen LogP contribution >= 0.6 is 12.2 Å². The molecule has 0 atom stereocenters. The highest BCUT2D eigenvalue weighted by Crippen LogP contribution is 2.11. The number of oxazole rings is 1. The Morgan fingerprint density at radius 3 is 2.44 bits per heavy atom. The van der Waals surface area contributed by atoms with Crippen LogP contribution in [0.2, 0.25) is 0 Å². The summed E-state index contributed by atoms with van der Waals surface area (Å²) >= 11 is 4.85. The number of carbonyl (C=O) groups is 1. The van der Waals surface area contributed by atoms with Gasteiger partial charge in [0, 0.05) is 6.92 Å². The van der Waals surface area contributed by atoms with Gasteiger partial charge in [-0.05, 0) is 20.8 Å². The van der Waals surface area contributed by atoms with Crippen molar-refractivity contribution in [2.24, 2.45) is 5.73 Å². The van der Waals surface area contributed by atoms with Gasteiger partial charge in [-0.2, -0.15) is 0 Å². The maximum atomic E-state index is 11.8. The second kappa shape index (κ2) is 4.21. The molecule has 1 aromatic rings. The van der Waals surface area contributed by atoms with Crippen LogP contribution in [-0.2, 0) is 0 Å². The van der Waals surface area contributed by atoms with E-state index in [4.69, 9.17) is 22.4 Å². The minimum atomic E-state index is -0.750. The van der Waals surface area contributed by atoms with E-state index in [1.54, 1.807) is 27.7 Å². The van der Waals surface area contributed by atoms with E-state index in [1.165, 1.54) is 0 Å². The Morgan fingerprint density at radius 2 is 2.06 bits per heavy atom. The summed E-state index contributed by atoms with van der Waals surface area (Å²) in [6, 6.07) is 0. The highest BCUT2D eigenvalue weighted by atomic mass is 32.1. The highest BCUT2D eigenvalue weighted by molar-refractivity contribution is 7.80. The predicted octanol–water partition coefficient (Wildman–Crippen LogP) is 1.09. The first kappa shape index (κ1) is 12.6. The average molecular weight is 241 g/mol. The summed E-state index contributed by atoms with van der Waals surface area (Å²) in [6.07, 6.45) is 0. The van der Waals surface area contributed by atoms with E-state index >= 15 is 0 Å². The number of hydrogen-bond donors (Lipinski definition) is 2. The third-order valence-electron chi connectivity index (χ3n) is 2.15. The summed E-state index contributed by atoms with van der Waals surface area (Å²) in [5.74, 6) is 0.286. The van der Waals surface area contributed by atoms with Crippen molar-refractivity contribution in [1.29, 1.82) is 0 Å². The molecule has 5 nitrogen and oxygen atoms in total. The van der Waals surface area contributed by atoms with Gasteiger partial charge in [-0.15, -0.1) is 0 Å². The minimum absolute atomic E-state index is 0.196. The summed E-state index contributed by atoms with van der Waals surface area (Å²) in [4.78, 5) is 16.1. The van der Waals surface area contributed by atoms with Gasteiger partial charge in [0.25, 0.3) is 5.91 Å². The van der Waals surface area contributed by atoms with E-state index in [-0.39, 0.29) is 16.7 Å². The Hall–Kier alpha value is -1.43. The molecule has 0 aliphatic heterocycles. The number of nitrogens with one attached hydrogen (secondary N) is 1. The lowest BCUT2D eigenvalue weighted by Gasteiger charge is -2.24. The monoisotopic (exact) mass is 241 g/mol. The molecule has 0 saturated heterocycles. The third-order valence-corrected chi connectivity index (χ3v) is 2.66. The van der Waals surface area contributed by atoms with Crippen LogP contribution in [0.1, 0.15) is 36.0 Å². The van der Waals surface area contributed by atoms with Crippen LogP contribution in [0.15, 0.2) is 4.42 Å². The maximum Gasteiger partial charge on any atom is 0.289 e. The van der Waals surface area contributed by atoms with Gasteiger partial charge in [-0.3, -0.25) is 4.79 Å². The van der Waals surface area contributed by atoms with E-state index in [1.807, 2.05) is 0 Å². The SMILES string of the molecule is Cc1nc(C)c(C(=O)NC(C)(C)C(N)=S)o1. The summed E-state index contributed by atoms with van der Waals surface area (Å²) < 4.78 is 5.19. The zero-order valence-corrected chi connectivity index (χ0v) is 10.6. The number of aromatic nitrogens is 1. The van der Waals surface area contributed by atoms with Crippen molar-refractivity contribution < 1.29 is 9.21 Å². The van der Waals surface area contributed by atoms with Crippen molar-refractivity contribution in [3.05, 3.63) is 17.3 Å². The first-order valence-corrected chi connectivity index (χ1v) is 5.21. The number of nitrogens with zero attached hydrogens (tertiary/aromatic N) is 1. The second-order valence-corrected chi connectivity index (χ2v) is 4.53. The molecule has 0 aromatic carbocycles. The first-order chi connectivity index (χ1) is 7.24. The molecule has 3 N–H and O–H groups in total. The predicted molar refractivity (Wildman–Crippen MR) is 64.3 cm³/mol. The summed E-state index contributed by atoms with van der Waals surface area (Å²) in [5, 5.41) is 2.69. The van der Waals surface area contributed by atoms with Crippen LogP contribution in [0.4, 0.5) is 0 Å². The van der Waals surface area contributed by atoms with Crippen molar-refractivity contribution in [1.82, 2.24) is 10.3 Å². The van der Waals surface area contributed by atoms with E-state index < -0.39 is 5.54 Å². The maximum absolute atomic E-state index is 11.8. The van der Waals surface area contributed by atoms with Gasteiger partial charge in [0.1, 0.15) is 0 Å². The van der Waals surface area contributed by atoms with Gasteiger partial charge < -0.3 is 15.5 Å². The molecule has 0 bridgehead atoms. The van der Waals surface area contributed by atoms with Gasteiger partial charge in [-0.25, -0.2) is 4.98 Å². The highest BCUT2D eigenvalue weighted by Gasteiger charge is 2.26. The molecule has 0 unspecified atom stereocenters. The van der Waals surface area contributed by atoms with Crippen molar-refractivity contribution in [3.8, 4) is 0 Å². The molecule has 1 amide bonds. The van der Waals surface area contributed by atoms with Crippen molar-refractivity contribution in [2.45, 2.75) is 33.2 Å². The van der Waals surface area contributed by atoms with Gasteiger partial charge in [0.15, 0.2) is 5.89 Å². The van der Waals surface area contributed by atoms with Crippen molar-refractivity contribution in [2.75, 3.05) is 0 Å². The summed E-state index contributed by atoms with van der Waals surface area (Å²) in [7, 11) is 0. The normalized spacial score (nSPS) is 11.2. The third kappa shape index (κ3) is 2.57. The largest absolute Gasteiger partial charge is 0.436 e. The van der Waals surface area contributed by atoms with Crippen molar-refractivity contribution >= 4 is 23.1 Å². The molecule has 1 rings (SSSR count). The molecular formula is C10H15N3O2S. The van der Waals surface area contributed by atoms with Gasteiger partial charge in [0.2, 0.25) is 5.76 Å². The van der Waals surface area contributed by atoms with Crippen LogP contribution in [-0.4, -0.2) is 21.4 Å². The molecule has 0 fully saturated rings.